The van der Waals surface area contributed by atoms with Gasteiger partial charge >= 0.3 is 6.18 Å². The summed E-state index contributed by atoms with van der Waals surface area (Å²) in [5.74, 6) is -0.154. The third-order valence-corrected chi connectivity index (χ3v) is 3.24. The highest BCUT2D eigenvalue weighted by molar-refractivity contribution is 5.87. The van der Waals surface area contributed by atoms with E-state index in [2.05, 4.69) is 11.9 Å². The van der Waals surface area contributed by atoms with Crippen molar-refractivity contribution in [2.45, 2.75) is 18.6 Å². The SMILES string of the molecule is C=CC(=O)N1CCC(Nc2cccc(C(F)(F)F)c2)C1. The lowest BCUT2D eigenvalue weighted by molar-refractivity contribution is -0.137. The van der Waals surface area contributed by atoms with E-state index >= 15 is 0 Å². The van der Waals surface area contributed by atoms with Crippen LogP contribution >= 0.6 is 0 Å². The third-order valence-electron chi connectivity index (χ3n) is 3.24. The Morgan fingerprint density at radius 2 is 2.20 bits per heavy atom. The molecule has 1 heterocycles. The normalized spacial score (nSPS) is 18.9. The van der Waals surface area contributed by atoms with Crippen molar-refractivity contribution in [3.63, 3.8) is 0 Å². The van der Waals surface area contributed by atoms with Crippen molar-refractivity contribution in [3.05, 3.63) is 42.5 Å². The van der Waals surface area contributed by atoms with Crippen molar-refractivity contribution in [1.82, 2.24) is 4.90 Å². The van der Waals surface area contributed by atoms with E-state index in [0.717, 1.165) is 12.1 Å². The van der Waals surface area contributed by atoms with E-state index in [1.54, 1.807) is 11.0 Å². The smallest absolute Gasteiger partial charge is 0.380 e. The van der Waals surface area contributed by atoms with E-state index in [1.807, 2.05) is 0 Å². The molecule has 0 bridgehead atoms. The molecule has 108 valence electrons. The van der Waals surface area contributed by atoms with E-state index in [-0.39, 0.29) is 11.9 Å². The fourth-order valence-electron chi connectivity index (χ4n) is 2.23. The Kier molecular flexibility index (Phi) is 4.01. The Morgan fingerprint density at radius 1 is 1.45 bits per heavy atom. The van der Waals surface area contributed by atoms with Crippen LogP contribution < -0.4 is 5.32 Å². The van der Waals surface area contributed by atoms with Crippen LogP contribution in [-0.4, -0.2) is 29.9 Å². The number of alkyl halides is 3. The number of hydrogen-bond acceptors (Lipinski definition) is 2. The molecule has 1 aromatic carbocycles. The van der Waals surface area contributed by atoms with Crippen LogP contribution in [0.25, 0.3) is 0 Å². The largest absolute Gasteiger partial charge is 0.416 e. The second kappa shape index (κ2) is 5.56. The quantitative estimate of drug-likeness (QED) is 0.866. The molecule has 1 unspecified atom stereocenters. The van der Waals surface area contributed by atoms with Gasteiger partial charge in [0.1, 0.15) is 0 Å². The first kappa shape index (κ1) is 14.4. The summed E-state index contributed by atoms with van der Waals surface area (Å²) in [7, 11) is 0. The molecule has 1 N–H and O–H groups in total. The number of carbonyl (C=O) groups excluding carboxylic acids is 1. The summed E-state index contributed by atoms with van der Waals surface area (Å²) in [6.45, 7) is 4.47. The van der Waals surface area contributed by atoms with Gasteiger partial charge in [-0.2, -0.15) is 13.2 Å². The molecule has 1 aromatic rings. The van der Waals surface area contributed by atoms with Gasteiger partial charge in [0.05, 0.1) is 5.56 Å². The Labute approximate surface area is 115 Å². The molecule has 6 heteroatoms. The predicted octanol–water partition coefficient (Wildman–Crippen LogP) is 2.90. The number of amides is 1. The Morgan fingerprint density at radius 3 is 2.85 bits per heavy atom. The monoisotopic (exact) mass is 284 g/mol. The standard InChI is InChI=1S/C14H15F3N2O/c1-2-13(20)19-7-6-12(9-19)18-11-5-3-4-10(8-11)14(15,16)17/h2-5,8,12,18H,1,6-7,9H2. The van der Waals surface area contributed by atoms with Gasteiger partial charge in [0.2, 0.25) is 5.91 Å². The first-order valence-corrected chi connectivity index (χ1v) is 6.25. The first-order valence-electron chi connectivity index (χ1n) is 6.25. The minimum Gasteiger partial charge on any atom is -0.380 e. The van der Waals surface area contributed by atoms with Crippen LogP contribution in [0.15, 0.2) is 36.9 Å². The van der Waals surface area contributed by atoms with Crippen LogP contribution in [-0.2, 0) is 11.0 Å². The predicted molar refractivity (Wildman–Crippen MR) is 70.2 cm³/mol. The van der Waals surface area contributed by atoms with E-state index in [0.29, 0.717) is 25.2 Å². The van der Waals surface area contributed by atoms with Gasteiger partial charge in [-0.25, -0.2) is 0 Å². The minimum absolute atomic E-state index is 0.0395. The topological polar surface area (TPSA) is 32.3 Å². The number of likely N-dealkylation sites (tertiary alicyclic amines) is 1. The molecule has 1 aliphatic heterocycles. The second-order valence-electron chi connectivity index (χ2n) is 4.70. The fraction of sp³-hybridized carbons (Fsp3) is 0.357. The summed E-state index contributed by atoms with van der Waals surface area (Å²) in [4.78, 5) is 13.1. The van der Waals surface area contributed by atoms with Crippen molar-refractivity contribution < 1.29 is 18.0 Å². The zero-order chi connectivity index (χ0) is 14.8. The fourth-order valence-corrected chi connectivity index (χ4v) is 2.23. The van der Waals surface area contributed by atoms with Crippen molar-refractivity contribution in [2.75, 3.05) is 18.4 Å². The maximum absolute atomic E-state index is 12.6. The van der Waals surface area contributed by atoms with Crippen LogP contribution in [0.1, 0.15) is 12.0 Å². The molecule has 0 aliphatic carbocycles. The lowest BCUT2D eigenvalue weighted by Gasteiger charge is -2.17. The van der Waals surface area contributed by atoms with Crippen LogP contribution in [0.4, 0.5) is 18.9 Å². The van der Waals surface area contributed by atoms with Crippen LogP contribution in [0.2, 0.25) is 0 Å². The first-order chi connectivity index (χ1) is 9.40. The molecule has 1 atom stereocenters. The maximum Gasteiger partial charge on any atom is 0.416 e. The molecular weight excluding hydrogens is 269 g/mol. The molecule has 0 aromatic heterocycles. The third kappa shape index (κ3) is 3.31. The zero-order valence-corrected chi connectivity index (χ0v) is 10.8. The maximum atomic E-state index is 12.6. The highest BCUT2D eigenvalue weighted by atomic mass is 19.4. The summed E-state index contributed by atoms with van der Waals surface area (Å²) < 4.78 is 37.8. The number of carbonyl (C=O) groups is 1. The van der Waals surface area contributed by atoms with Crippen molar-refractivity contribution in [1.29, 1.82) is 0 Å². The summed E-state index contributed by atoms with van der Waals surface area (Å²) >= 11 is 0. The van der Waals surface area contributed by atoms with Crippen LogP contribution in [0.5, 0.6) is 0 Å². The summed E-state index contributed by atoms with van der Waals surface area (Å²) in [6.07, 6.45) is -2.40. The second-order valence-corrected chi connectivity index (χ2v) is 4.70. The van der Waals surface area contributed by atoms with Gasteiger partial charge in [-0.3, -0.25) is 4.79 Å². The number of anilines is 1. The van der Waals surface area contributed by atoms with Gasteiger partial charge in [-0.15, -0.1) is 0 Å². The molecule has 1 saturated heterocycles. The number of nitrogens with one attached hydrogen (secondary N) is 1. The zero-order valence-electron chi connectivity index (χ0n) is 10.8. The van der Waals surface area contributed by atoms with Crippen LogP contribution in [0.3, 0.4) is 0 Å². The van der Waals surface area contributed by atoms with E-state index < -0.39 is 11.7 Å². The summed E-state index contributed by atoms with van der Waals surface area (Å²) in [5, 5.41) is 3.03. The summed E-state index contributed by atoms with van der Waals surface area (Å²) in [6, 6.07) is 5.04. The molecule has 0 spiro atoms. The summed E-state index contributed by atoms with van der Waals surface area (Å²) in [5.41, 5.74) is -0.266. The molecule has 3 nitrogen and oxygen atoms in total. The molecule has 1 aliphatic rings. The van der Waals surface area contributed by atoms with Gasteiger partial charge in [0.15, 0.2) is 0 Å². The van der Waals surface area contributed by atoms with Gasteiger partial charge in [0.25, 0.3) is 0 Å². The lowest BCUT2D eigenvalue weighted by Crippen LogP contribution is -2.30. The Balaban J connectivity index is 2.01. The molecule has 0 saturated carbocycles. The van der Waals surface area contributed by atoms with Crippen molar-refractivity contribution in [2.24, 2.45) is 0 Å². The Bertz CT molecular complexity index is 513. The van der Waals surface area contributed by atoms with Gasteiger partial charge in [-0.05, 0) is 30.7 Å². The van der Waals surface area contributed by atoms with Crippen LogP contribution in [0, 0.1) is 0 Å². The number of halogens is 3. The number of benzene rings is 1. The molecular formula is C14H15F3N2O. The van der Waals surface area contributed by atoms with Gasteiger partial charge < -0.3 is 10.2 Å². The average molecular weight is 284 g/mol. The number of hydrogen-bond donors (Lipinski definition) is 1. The molecule has 1 amide bonds. The van der Waals surface area contributed by atoms with E-state index in [1.165, 1.54) is 12.1 Å². The molecule has 2 rings (SSSR count). The number of rotatable bonds is 3. The number of nitrogens with zero attached hydrogens (tertiary/aromatic N) is 1. The van der Waals surface area contributed by atoms with E-state index in [9.17, 15) is 18.0 Å². The Hall–Kier alpha value is -1.98. The highest BCUT2D eigenvalue weighted by Gasteiger charge is 2.31. The van der Waals surface area contributed by atoms with Gasteiger partial charge in [0, 0.05) is 24.8 Å². The molecule has 0 radical (unpaired) electrons. The van der Waals surface area contributed by atoms with Crippen molar-refractivity contribution in [3.8, 4) is 0 Å². The van der Waals surface area contributed by atoms with Crippen molar-refractivity contribution >= 4 is 11.6 Å². The minimum atomic E-state index is -4.35. The molecule has 20 heavy (non-hydrogen) atoms. The molecule has 1 fully saturated rings. The lowest BCUT2D eigenvalue weighted by atomic mass is 10.1. The van der Waals surface area contributed by atoms with E-state index in [4.69, 9.17) is 0 Å². The van der Waals surface area contributed by atoms with Gasteiger partial charge in [-0.1, -0.05) is 12.6 Å². The highest BCUT2D eigenvalue weighted by Crippen LogP contribution is 2.31. The average Bonchev–Trinajstić information content (AvgIpc) is 2.85.